The Morgan fingerprint density at radius 1 is 0.391 bits per heavy atom. The van der Waals surface area contributed by atoms with Crippen LogP contribution >= 0.6 is 0 Å². The molecule has 4 aromatic carbocycles. The molecule has 0 bridgehead atoms. The van der Waals surface area contributed by atoms with E-state index in [1.54, 1.807) is 0 Å². The van der Waals surface area contributed by atoms with Gasteiger partial charge in [0.2, 0.25) is 0 Å². The molecule has 46 heavy (non-hydrogen) atoms. The molecule has 0 saturated carbocycles. The van der Waals surface area contributed by atoms with Crippen LogP contribution in [0.1, 0.15) is 39.5 Å². The third kappa shape index (κ3) is 13.8. The van der Waals surface area contributed by atoms with Crippen LogP contribution in [0.4, 0.5) is 22.7 Å². The number of rotatable bonds is 21. The minimum absolute atomic E-state index is 0.575. The Labute approximate surface area is 283 Å². The first-order valence-corrected chi connectivity index (χ1v) is 22.5. The van der Waals surface area contributed by atoms with Crippen LogP contribution < -0.4 is 18.9 Å². The zero-order valence-electron chi connectivity index (χ0n) is 26.5. The van der Waals surface area contributed by atoms with Crippen molar-refractivity contribution >= 4 is 49.0 Å². The van der Waals surface area contributed by atoms with Gasteiger partial charge in [-0.05, 0) is 12.8 Å². The van der Waals surface area contributed by atoms with Gasteiger partial charge >= 0.3 is 211 Å². The second-order valence-corrected chi connectivity index (χ2v) is 18.0. The summed E-state index contributed by atoms with van der Waals surface area (Å²) in [5.41, 5.74) is 3.16. The molecule has 4 rings (SSSR count). The second kappa shape index (κ2) is 21.2. The predicted molar refractivity (Wildman–Crippen MR) is 187 cm³/mol. The van der Waals surface area contributed by atoms with Gasteiger partial charge in [-0.3, -0.25) is 0 Å². The summed E-state index contributed by atoms with van der Waals surface area (Å²) in [5.74, 6) is 3.43. The van der Waals surface area contributed by atoms with Crippen molar-refractivity contribution in [3.8, 4) is 23.0 Å². The molecule has 0 aliphatic carbocycles. The number of hydrogen-bond acceptors (Lipinski definition) is 8. The third-order valence-electron chi connectivity index (χ3n) is 6.40. The van der Waals surface area contributed by atoms with E-state index in [9.17, 15) is 0 Å². The van der Waals surface area contributed by atoms with Crippen LogP contribution in [0, 0.1) is 0 Å². The first-order valence-electron chi connectivity index (χ1n) is 15.7. The predicted octanol–water partition coefficient (Wildman–Crippen LogP) is 10.5. The fourth-order valence-electron chi connectivity index (χ4n) is 3.84. The summed E-state index contributed by atoms with van der Waals surface area (Å²) in [4.78, 5) is 0. The van der Waals surface area contributed by atoms with Crippen molar-refractivity contribution in [3.63, 3.8) is 0 Å². The molecule has 0 unspecified atom stereocenters. The maximum absolute atomic E-state index is 5.92. The first kappa shape index (κ1) is 35.2. The summed E-state index contributed by atoms with van der Waals surface area (Å²) in [6.07, 6.45) is 4.35. The van der Waals surface area contributed by atoms with Gasteiger partial charge < -0.3 is 9.47 Å². The van der Waals surface area contributed by atoms with E-state index in [0.717, 1.165) is 108 Å². The Hall–Kier alpha value is -3.68. The fraction of sp³-hybridized carbons (Fsp3) is 0.333. The number of unbranched alkanes of at least 4 members (excludes halogenated alkanes) is 2. The Balaban J connectivity index is 1.04. The standard InChI is InChI=1S/C36H42N4O4Se2/c1-3-5-23-41-33-15-7-29(8-16-33)37-39-31-11-19-35(20-12-31)43-25-27-45-46-28-26-44-36-21-13-32(14-22-36)40-38-30-9-17-34(18-10-30)42-24-6-4-2/h7-22H,3-6,23-28H2,1-2H3. The normalized spacial score (nSPS) is 11.3. The van der Waals surface area contributed by atoms with Crippen LogP contribution in [0.25, 0.3) is 0 Å². The number of ether oxygens (including phenoxy) is 4. The summed E-state index contributed by atoms with van der Waals surface area (Å²) >= 11 is 1.15. The van der Waals surface area contributed by atoms with Crippen LogP contribution in [-0.2, 0) is 0 Å². The average Bonchev–Trinajstić information content (AvgIpc) is 3.10. The molecular formula is C36H42N4O4Se2. The van der Waals surface area contributed by atoms with E-state index in [1.165, 1.54) is 0 Å². The molecule has 8 nitrogen and oxygen atoms in total. The number of hydrogen-bond donors (Lipinski definition) is 0. The molecule has 0 aromatic heterocycles. The Bertz CT molecular complexity index is 1340. The number of benzene rings is 4. The molecule has 0 aliphatic rings. The first-order chi connectivity index (χ1) is 22.7. The van der Waals surface area contributed by atoms with E-state index >= 15 is 0 Å². The summed E-state index contributed by atoms with van der Waals surface area (Å²) in [5, 5.41) is 19.5. The summed E-state index contributed by atoms with van der Waals surface area (Å²) in [7, 11) is 0. The van der Waals surface area contributed by atoms with Crippen LogP contribution in [0.3, 0.4) is 0 Å². The molecule has 0 radical (unpaired) electrons. The van der Waals surface area contributed by atoms with Crippen molar-refractivity contribution in [2.45, 2.75) is 50.2 Å². The molecule has 242 valence electrons. The molecule has 0 aliphatic heterocycles. The molecule has 0 heterocycles. The van der Waals surface area contributed by atoms with Crippen molar-refractivity contribution in [1.82, 2.24) is 0 Å². The van der Waals surface area contributed by atoms with Gasteiger partial charge in [-0.15, -0.1) is 0 Å². The zero-order chi connectivity index (χ0) is 32.1. The molecule has 10 heteroatoms. The molecule has 0 N–H and O–H groups in total. The summed E-state index contributed by atoms with van der Waals surface area (Å²) < 4.78 is 23.2. The van der Waals surface area contributed by atoms with E-state index < -0.39 is 0 Å². The van der Waals surface area contributed by atoms with Gasteiger partial charge in [-0.25, -0.2) is 0 Å². The van der Waals surface area contributed by atoms with E-state index in [4.69, 9.17) is 18.9 Å². The Morgan fingerprint density at radius 2 is 0.652 bits per heavy atom. The second-order valence-electron chi connectivity index (χ2n) is 10.1. The van der Waals surface area contributed by atoms with E-state index in [-0.39, 0.29) is 0 Å². The van der Waals surface area contributed by atoms with Crippen LogP contribution in [0.15, 0.2) is 118 Å². The summed E-state index contributed by atoms with van der Waals surface area (Å²) in [6.45, 7) is 7.23. The van der Waals surface area contributed by atoms with Gasteiger partial charge in [0.15, 0.2) is 0 Å². The van der Waals surface area contributed by atoms with Crippen molar-refractivity contribution < 1.29 is 18.9 Å². The van der Waals surface area contributed by atoms with Gasteiger partial charge in [0.25, 0.3) is 0 Å². The van der Waals surface area contributed by atoms with E-state index in [2.05, 4.69) is 34.3 Å². The third-order valence-corrected chi connectivity index (χ3v) is 13.6. The van der Waals surface area contributed by atoms with Crippen LogP contribution in [-0.4, -0.2) is 52.7 Å². The minimum atomic E-state index is 0.575. The van der Waals surface area contributed by atoms with E-state index in [1.807, 2.05) is 97.1 Å². The maximum atomic E-state index is 5.92. The van der Waals surface area contributed by atoms with Crippen LogP contribution in [0.5, 0.6) is 23.0 Å². The summed E-state index contributed by atoms with van der Waals surface area (Å²) in [6, 6.07) is 30.8. The Morgan fingerprint density at radius 3 is 0.913 bits per heavy atom. The van der Waals surface area contributed by atoms with Crippen molar-refractivity contribution in [1.29, 1.82) is 0 Å². The Kier molecular flexibility index (Phi) is 16.2. The van der Waals surface area contributed by atoms with Crippen LogP contribution in [0.2, 0.25) is 10.6 Å². The monoisotopic (exact) mass is 754 g/mol. The fourth-order valence-corrected chi connectivity index (χ4v) is 9.02. The van der Waals surface area contributed by atoms with Crippen molar-refractivity contribution in [2.24, 2.45) is 20.5 Å². The average molecular weight is 753 g/mol. The van der Waals surface area contributed by atoms with Gasteiger partial charge in [0.1, 0.15) is 11.5 Å². The van der Waals surface area contributed by atoms with Crippen molar-refractivity contribution in [2.75, 3.05) is 26.4 Å². The van der Waals surface area contributed by atoms with E-state index in [0.29, 0.717) is 26.3 Å². The molecule has 0 amide bonds. The number of azo groups is 2. The van der Waals surface area contributed by atoms with Gasteiger partial charge in [0, 0.05) is 0 Å². The molecular weight excluding hydrogens is 710 g/mol. The molecule has 0 atom stereocenters. The van der Waals surface area contributed by atoms with Gasteiger partial charge in [-0.1, -0.05) is 26.7 Å². The molecule has 0 spiro atoms. The quantitative estimate of drug-likeness (QED) is 0.0482. The SMILES string of the molecule is CCCCOc1ccc(N=Nc2ccc(OCC[Se][Se]CCOc3ccc(N=Nc4ccc(OCCCC)cc4)cc3)cc2)cc1. The van der Waals surface area contributed by atoms with Gasteiger partial charge in [0.05, 0.1) is 13.2 Å². The topological polar surface area (TPSA) is 86.4 Å². The number of nitrogens with zero attached hydrogens (tertiary/aromatic N) is 4. The molecule has 0 saturated heterocycles. The molecule has 4 aromatic rings. The van der Waals surface area contributed by atoms with Crippen molar-refractivity contribution in [3.05, 3.63) is 97.1 Å². The van der Waals surface area contributed by atoms with Gasteiger partial charge in [-0.2, -0.15) is 0 Å². The molecule has 0 fully saturated rings. The zero-order valence-corrected chi connectivity index (χ0v) is 30.0.